The van der Waals surface area contributed by atoms with Crippen LogP contribution < -0.4 is 14.3 Å². The van der Waals surface area contributed by atoms with Gasteiger partial charge in [0.25, 0.3) is 0 Å². The summed E-state index contributed by atoms with van der Waals surface area (Å²) in [4.78, 5) is 9.67. The van der Waals surface area contributed by atoms with Crippen molar-refractivity contribution in [2.45, 2.75) is 76.0 Å². The van der Waals surface area contributed by atoms with E-state index in [1.807, 2.05) is 6.92 Å². The topological polar surface area (TPSA) is 43.8 Å². The van der Waals surface area contributed by atoms with E-state index in [2.05, 4.69) is 4.98 Å². The van der Waals surface area contributed by atoms with Gasteiger partial charge in [0.15, 0.2) is 11.5 Å². The van der Waals surface area contributed by atoms with Crippen LogP contribution in [0.2, 0.25) is 0 Å². The number of nitrogens with zero attached hydrogens (tertiary/aromatic N) is 2. The summed E-state index contributed by atoms with van der Waals surface area (Å²) in [6.45, 7) is 2.12. The Kier molecular flexibility index (Phi) is 7.35. The molecule has 2 atom stereocenters. The Labute approximate surface area is 198 Å². The van der Waals surface area contributed by atoms with Gasteiger partial charge in [-0.25, -0.2) is 4.98 Å². The van der Waals surface area contributed by atoms with E-state index in [0.29, 0.717) is 19.3 Å². The number of alkyl halides is 6. The summed E-state index contributed by atoms with van der Waals surface area (Å²) in [7, 11) is 0. The molecule has 2 aromatic rings. The number of hydrogen-bond donors (Lipinski definition) is 0. The molecule has 2 aliphatic heterocycles. The lowest BCUT2D eigenvalue weighted by atomic mass is 9.84. The maximum atomic E-state index is 13.2. The minimum Gasteiger partial charge on any atom is -0.490 e. The zero-order chi connectivity index (χ0) is 25.2. The molecule has 2 bridgehead atoms. The van der Waals surface area contributed by atoms with Crippen molar-refractivity contribution in [2.24, 2.45) is 0 Å². The van der Waals surface area contributed by atoms with Crippen LogP contribution in [0.4, 0.5) is 26.3 Å². The molecule has 0 aliphatic carbocycles. The average Bonchev–Trinajstić information content (AvgIpc) is 2.78. The molecule has 2 fully saturated rings. The van der Waals surface area contributed by atoms with Gasteiger partial charge >= 0.3 is 12.4 Å². The van der Waals surface area contributed by atoms with Crippen molar-refractivity contribution in [1.29, 1.82) is 0 Å². The highest BCUT2D eigenvalue weighted by molar-refractivity contribution is 5.44. The predicted molar refractivity (Wildman–Crippen MR) is 114 cm³/mol. The van der Waals surface area contributed by atoms with Crippen LogP contribution >= 0.6 is 0 Å². The molecule has 2 saturated heterocycles. The Bertz CT molecular complexity index is 982. The second-order valence-corrected chi connectivity index (χ2v) is 8.79. The van der Waals surface area contributed by atoms with Crippen molar-refractivity contribution < 1.29 is 40.7 Å². The summed E-state index contributed by atoms with van der Waals surface area (Å²) in [5.41, 5.74) is -1.66. The lowest BCUT2D eigenvalue weighted by molar-refractivity contribution is -0.185. The lowest BCUT2D eigenvalue weighted by Crippen LogP contribution is -2.55. The molecule has 11 heteroatoms. The molecule has 35 heavy (non-hydrogen) atoms. The normalized spacial score (nSPS) is 23.1. The van der Waals surface area contributed by atoms with Crippen LogP contribution in [0, 0.1) is 0 Å². The van der Waals surface area contributed by atoms with E-state index in [0.717, 1.165) is 43.7 Å². The number of fused-ring (bicyclic) bond motifs is 2. The molecule has 5 nitrogen and oxygen atoms in total. The number of rotatable bonds is 7. The number of pyridine rings is 1. The van der Waals surface area contributed by atoms with E-state index >= 15 is 0 Å². The second-order valence-electron chi connectivity index (χ2n) is 8.79. The maximum Gasteiger partial charge on any atom is 0.417 e. The highest BCUT2D eigenvalue weighted by Gasteiger charge is 2.42. The Morgan fingerprint density at radius 2 is 1.57 bits per heavy atom. The third-order valence-electron chi connectivity index (χ3n) is 6.15. The summed E-state index contributed by atoms with van der Waals surface area (Å²) in [6, 6.07) is 5.22. The maximum absolute atomic E-state index is 13.2. The first-order chi connectivity index (χ1) is 16.5. The van der Waals surface area contributed by atoms with Crippen LogP contribution in [0.3, 0.4) is 0 Å². The average molecular weight is 504 g/mol. The molecule has 0 unspecified atom stereocenters. The van der Waals surface area contributed by atoms with Crippen LogP contribution in [0.25, 0.3) is 0 Å². The predicted octanol–water partition coefficient (Wildman–Crippen LogP) is 6.67. The van der Waals surface area contributed by atoms with Crippen molar-refractivity contribution in [1.82, 2.24) is 10.0 Å². The summed E-state index contributed by atoms with van der Waals surface area (Å²) in [6.07, 6.45) is -4.22. The van der Waals surface area contributed by atoms with Crippen LogP contribution in [0.15, 0.2) is 36.5 Å². The minimum atomic E-state index is -4.49. The molecule has 0 radical (unpaired) electrons. The molecule has 1 aromatic carbocycles. The molecular formula is C24H26F6N2O3. The number of ether oxygens (including phenoxy) is 2. The van der Waals surface area contributed by atoms with Crippen LogP contribution in [0.5, 0.6) is 17.4 Å². The summed E-state index contributed by atoms with van der Waals surface area (Å²) < 4.78 is 89.5. The van der Waals surface area contributed by atoms with Crippen LogP contribution in [-0.4, -0.2) is 34.8 Å². The van der Waals surface area contributed by atoms with Crippen molar-refractivity contribution in [3.63, 3.8) is 0 Å². The molecule has 0 N–H and O–H groups in total. The van der Waals surface area contributed by atoms with Gasteiger partial charge in [0.2, 0.25) is 5.88 Å². The fourth-order valence-corrected chi connectivity index (χ4v) is 4.53. The second kappa shape index (κ2) is 10.1. The van der Waals surface area contributed by atoms with Gasteiger partial charge in [-0.2, -0.15) is 26.3 Å². The molecule has 1 aromatic heterocycles. The van der Waals surface area contributed by atoms with E-state index in [1.165, 1.54) is 12.1 Å². The van der Waals surface area contributed by atoms with Crippen molar-refractivity contribution in [2.75, 3.05) is 6.61 Å². The van der Waals surface area contributed by atoms with E-state index in [1.54, 1.807) is 5.06 Å². The van der Waals surface area contributed by atoms with E-state index in [4.69, 9.17) is 14.3 Å². The molecule has 3 heterocycles. The lowest BCUT2D eigenvalue weighted by Gasteiger charge is -2.46. The highest BCUT2D eigenvalue weighted by Crippen LogP contribution is 2.40. The van der Waals surface area contributed by atoms with Gasteiger partial charge in [-0.1, -0.05) is 13.3 Å². The third-order valence-corrected chi connectivity index (χ3v) is 6.15. The van der Waals surface area contributed by atoms with Gasteiger partial charge < -0.3 is 14.3 Å². The Morgan fingerprint density at radius 3 is 2.14 bits per heavy atom. The van der Waals surface area contributed by atoms with Crippen LogP contribution in [0.1, 0.15) is 56.6 Å². The van der Waals surface area contributed by atoms with E-state index in [-0.39, 0.29) is 42.2 Å². The summed E-state index contributed by atoms with van der Waals surface area (Å²) >= 11 is 0. The summed E-state index contributed by atoms with van der Waals surface area (Å²) in [5, 5.41) is 1.78. The first kappa shape index (κ1) is 25.4. The SMILES string of the molecule is CCCOc1cc(C(F)(F)F)ccc1OC1C[C@H]2CCC[C@H](C1)N2Oc1ccc(C(F)(F)F)cn1. The molecule has 2 aliphatic rings. The number of aromatic nitrogens is 1. The largest absolute Gasteiger partial charge is 0.490 e. The molecule has 0 saturated carbocycles. The first-order valence-electron chi connectivity index (χ1n) is 11.5. The fraction of sp³-hybridized carbons (Fsp3) is 0.542. The Hall–Kier alpha value is -2.69. The van der Waals surface area contributed by atoms with Gasteiger partial charge in [0, 0.05) is 37.2 Å². The van der Waals surface area contributed by atoms with Gasteiger partial charge in [0.1, 0.15) is 6.10 Å². The molecule has 0 amide bonds. The summed E-state index contributed by atoms with van der Waals surface area (Å²) in [5.74, 6) is 0.389. The van der Waals surface area contributed by atoms with Crippen molar-refractivity contribution in [3.05, 3.63) is 47.7 Å². The standard InChI is InChI=1S/C24H26F6N2O3/c1-2-10-33-21-11-15(23(25,26)27)6-8-20(21)34-19-12-17-4-3-5-18(13-19)32(17)35-22-9-7-16(14-31-22)24(28,29)30/h6-9,11,14,17-19H,2-5,10,12-13H2,1H3/t17-,18-/m1/s1. The number of halogens is 6. The number of hydrogen-bond acceptors (Lipinski definition) is 5. The molecule has 0 spiro atoms. The smallest absolute Gasteiger partial charge is 0.417 e. The number of piperidine rings is 2. The van der Waals surface area contributed by atoms with Crippen LogP contribution in [-0.2, 0) is 12.4 Å². The molecule has 4 rings (SSSR count). The molecular weight excluding hydrogens is 478 g/mol. The highest BCUT2D eigenvalue weighted by atomic mass is 19.4. The van der Waals surface area contributed by atoms with E-state index in [9.17, 15) is 26.3 Å². The van der Waals surface area contributed by atoms with Gasteiger partial charge in [0.05, 0.1) is 17.7 Å². The zero-order valence-electron chi connectivity index (χ0n) is 19.0. The Morgan fingerprint density at radius 1 is 0.914 bits per heavy atom. The molecule has 192 valence electrons. The Balaban J connectivity index is 1.45. The first-order valence-corrected chi connectivity index (χ1v) is 11.5. The number of hydroxylamine groups is 2. The number of benzene rings is 1. The monoisotopic (exact) mass is 504 g/mol. The minimum absolute atomic E-state index is 0.0551. The van der Waals surface area contributed by atoms with Gasteiger partial charge in [-0.15, -0.1) is 5.06 Å². The van der Waals surface area contributed by atoms with Gasteiger partial charge in [-0.3, -0.25) is 0 Å². The third kappa shape index (κ3) is 6.12. The van der Waals surface area contributed by atoms with E-state index < -0.39 is 23.5 Å². The van der Waals surface area contributed by atoms with Gasteiger partial charge in [-0.05, 0) is 43.5 Å². The zero-order valence-corrected chi connectivity index (χ0v) is 19.0. The van der Waals surface area contributed by atoms with Crippen molar-refractivity contribution in [3.8, 4) is 17.4 Å². The quantitative estimate of drug-likeness (QED) is 0.394. The fourth-order valence-electron chi connectivity index (χ4n) is 4.53. The van der Waals surface area contributed by atoms with Crippen molar-refractivity contribution >= 4 is 0 Å².